The summed E-state index contributed by atoms with van der Waals surface area (Å²) in [6.07, 6.45) is 0.465. The van der Waals surface area contributed by atoms with Crippen molar-refractivity contribution in [2.24, 2.45) is 11.8 Å². The highest BCUT2D eigenvalue weighted by molar-refractivity contribution is 5.93. The van der Waals surface area contributed by atoms with E-state index in [1.54, 1.807) is 34.6 Å². The van der Waals surface area contributed by atoms with Crippen molar-refractivity contribution in [1.82, 2.24) is 15.5 Å². The van der Waals surface area contributed by atoms with Crippen LogP contribution in [0.4, 0.5) is 4.79 Å². The normalized spacial score (nSPS) is 18.7. The smallest absolute Gasteiger partial charge is 0.408 e. The molecule has 9 nitrogen and oxygen atoms in total. The third kappa shape index (κ3) is 7.18. The number of hydrogen-bond donors (Lipinski definition) is 2. The second kappa shape index (κ2) is 10.6. The van der Waals surface area contributed by atoms with Crippen LogP contribution in [0.3, 0.4) is 0 Å². The number of carbonyl (C=O) groups is 4. The van der Waals surface area contributed by atoms with Crippen molar-refractivity contribution < 1.29 is 28.7 Å². The minimum Gasteiger partial charge on any atom is -0.467 e. The minimum absolute atomic E-state index is 0.163. The number of alkyl carbamates (subject to hydrolysis) is 1. The van der Waals surface area contributed by atoms with E-state index >= 15 is 0 Å². The Balaban J connectivity index is 2.93. The molecule has 9 heteroatoms. The van der Waals surface area contributed by atoms with Gasteiger partial charge in [0.1, 0.15) is 23.7 Å². The van der Waals surface area contributed by atoms with E-state index in [0.717, 1.165) is 0 Å². The van der Waals surface area contributed by atoms with Gasteiger partial charge in [-0.15, -0.1) is 0 Å². The molecule has 0 spiro atoms. The number of hydrogen-bond acceptors (Lipinski definition) is 6. The Kier molecular flexibility index (Phi) is 9.11. The third-order valence-corrected chi connectivity index (χ3v) is 4.86. The van der Waals surface area contributed by atoms with Gasteiger partial charge in [-0.3, -0.25) is 9.59 Å². The predicted octanol–water partition coefficient (Wildman–Crippen LogP) is 1.84. The van der Waals surface area contributed by atoms with Crippen molar-refractivity contribution in [2.45, 2.75) is 85.0 Å². The average molecular weight is 428 g/mol. The molecule has 1 saturated heterocycles. The van der Waals surface area contributed by atoms with Crippen LogP contribution >= 0.6 is 0 Å². The summed E-state index contributed by atoms with van der Waals surface area (Å²) in [5.74, 6) is -1.63. The standard InChI is InChI=1S/C21H37N3O6/c1-12(2)15(23-20(28)30-21(5,6)7)18(26)24-11-9-10-14(24)17(25)22-16(13(3)4)19(27)29-8/h12-16H,9-11H2,1-8H3,(H,22,25)(H,23,28)/t14-,15-,16-/m0/s1. The number of esters is 1. The van der Waals surface area contributed by atoms with Gasteiger partial charge >= 0.3 is 12.1 Å². The molecule has 1 rings (SSSR count). The molecule has 3 amide bonds. The van der Waals surface area contributed by atoms with Crippen LogP contribution in [-0.4, -0.2) is 66.2 Å². The maximum atomic E-state index is 13.2. The summed E-state index contributed by atoms with van der Waals surface area (Å²) >= 11 is 0. The lowest BCUT2D eigenvalue weighted by Crippen LogP contribution is -2.57. The summed E-state index contributed by atoms with van der Waals surface area (Å²) in [7, 11) is 1.27. The van der Waals surface area contributed by atoms with Crippen LogP contribution in [0.2, 0.25) is 0 Å². The van der Waals surface area contributed by atoms with Gasteiger partial charge in [0.2, 0.25) is 11.8 Å². The van der Waals surface area contributed by atoms with Crippen molar-refractivity contribution in [1.29, 1.82) is 0 Å². The van der Waals surface area contributed by atoms with Gasteiger partial charge in [0.15, 0.2) is 0 Å². The molecule has 1 heterocycles. The first kappa shape index (κ1) is 25.7. The lowest BCUT2D eigenvalue weighted by atomic mass is 10.0. The number of rotatable bonds is 7. The van der Waals surface area contributed by atoms with Crippen LogP contribution < -0.4 is 10.6 Å². The van der Waals surface area contributed by atoms with E-state index in [9.17, 15) is 19.2 Å². The summed E-state index contributed by atoms with van der Waals surface area (Å²) in [5, 5.41) is 5.35. The van der Waals surface area contributed by atoms with E-state index in [0.29, 0.717) is 19.4 Å². The molecule has 0 aromatic heterocycles. The van der Waals surface area contributed by atoms with Crippen LogP contribution in [0.25, 0.3) is 0 Å². The Hall–Kier alpha value is -2.32. The van der Waals surface area contributed by atoms with Crippen LogP contribution in [0.1, 0.15) is 61.3 Å². The fourth-order valence-electron chi connectivity index (χ4n) is 3.30. The lowest BCUT2D eigenvalue weighted by Gasteiger charge is -2.32. The number of methoxy groups -OCH3 is 1. The van der Waals surface area contributed by atoms with Crippen molar-refractivity contribution in [2.75, 3.05) is 13.7 Å². The molecular formula is C21H37N3O6. The predicted molar refractivity (Wildman–Crippen MR) is 112 cm³/mol. The van der Waals surface area contributed by atoms with Gasteiger partial charge in [-0.2, -0.15) is 0 Å². The number of ether oxygens (including phenoxy) is 2. The Bertz CT molecular complexity index is 641. The van der Waals surface area contributed by atoms with E-state index in [-0.39, 0.29) is 17.7 Å². The SMILES string of the molecule is COC(=O)[C@@H](NC(=O)[C@@H]1CCCN1C(=O)[C@@H](NC(=O)OC(C)(C)C)C(C)C)C(C)C. The Morgan fingerprint density at radius 1 is 0.967 bits per heavy atom. The largest absolute Gasteiger partial charge is 0.467 e. The molecule has 1 aliphatic rings. The molecule has 172 valence electrons. The highest BCUT2D eigenvalue weighted by atomic mass is 16.6. The number of nitrogens with zero attached hydrogens (tertiary/aromatic N) is 1. The maximum absolute atomic E-state index is 13.2. The Morgan fingerprint density at radius 3 is 2.00 bits per heavy atom. The highest BCUT2D eigenvalue weighted by Crippen LogP contribution is 2.21. The molecule has 0 saturated carbocycles. The van der Waals surface area contributed by atoms with E-state index < -0.39 is 41.7 Å². The Labute approximate surface area is 179 Å². The van der Waals surface area contributed by atoms with E-state index in [2.05, 4.69) is 10.6 Å². The van der Waals surface area contributed by atoms with E-state index in [1.165, 1.54) is 12.0 Å². The fraction of sp³-hybridized carbons (Fsp3) is 0.810. The van der Waals surface area contributed by atoms with E-state index in [4.69, 9.17) is 9.47 Å². The summed E-state index contributed by atoms with van der Waals surface area (Å²) < 4.78 is 10.0. The molecule has 2 N–H and O–H groups in total. The average Bonchev–Trinajstić information content (AvgIpc) is 3.10. The van der Waals surface area contributed by atoms with Gasteiger partial charge in [0.25, 0.3) is 0 Å². The number of nitrogens with one attached hydrogen (secondary N) is 2. The Morgan fingerprint density at radius 2 is 1.53 bits per heavy atom. The zero-order valence-electron chi connectivity index (χ0n) is 19.4. The molecule has 1 aliphatic heterocycles. The van der Waals surface area contributed by atoms with Crippen LogP contribution in [0.15, 0.2) is 0 Å². The monoisotopic (exact) mass is 427 g/mol. The van der Waals surface area contributed by atoms with Gasteiger partial charge < -0.3 is 25.0 Å². The summed E-state index contributed by atoms with van der Waals surface area (Å²) in [6.45, 7) is 12.9. The maximum Gasteiger partial charge on any atom is 0.408 e. The third-order valence-electron chi connectivity index (χ3n) is 4.86. The number of amides is 3. The summed E-state index contributed by atoms with van der Waals surface area (Å²) in [6, 6.07) is -2.32. The van der Waals surface area contributed by atoms with Crippen LogP contribution in [0.5, 0.6) is 0 Å². The number of likely N-dealkylation sites (tertiary alicyclic amines) is 1. The van der Waals surface area contributed by atoms with Crippen molar-refractivity contribution in [3.63, 3.8) is 0 Å². The van der Waals surface area contributed by atoms with Gasteiger partial charge in [0.05, 0.1) is 7.11 Å². The second-order valence-electron chi connectivity index (χ2n) is 9.31. The number of carbonyl (C=O) groups excluding carboxylic acids is 4. The minimum atomic E-state index is -0.824. The fourth-order valence-corrected chi connectivity index (χ4v) is 3.30. The molecule has 1 fully saturated rings. The van der Waals surface area contributed by atoms with Gasteiger partial charge in [-0.05, 0) is 45.4 Å². The zero-order chi connectivity index (χ0) is 23.2. The van der Waals surface area contributed by atoms with Crippen LogP contribution in [0, 0.1) is 11.8 Å². The summed E-state index contributed by atoms with van der Waals surface area (Å²) in [5.41, 5.74) is -0.690. The zero-order valence-corrected chi connectivity index (χ0v) is 19.4. The van der Waals surface area contributed by atoms with Gasteiger partial charge in [-0.25, -0.2) is 9.59 Å². The van der Waals surface area contributed by atoms with Gasteiger partial charge in [0, 0.05) is 6.54 Å². The molecule has 30 heavy (non-hydrogen) atoms. The highest BCUT2D eigenvalue weighted by Gasteiger charge is 2.40. The first-order chi connectivity index (χ1) is 13.8. The van der Waals surface area contributed by atoms with Crippen molar-refractivity contribution >= 4 is 23.9 Å². The van der Waals surface area contributed by atoms with Crippen molar-refractivity contribution in [3.05, 3.63) is 0 Å². The van der Waals surface area contributed by atoms with Gasteiger partial charge in [-0.1, -0.05) is 27.7 Å². The molecule has 0 unspecified atom stereocenters. The molecule has 0 aromatic carbocycles. The van der Waals surface area contributed by atoms with E-state index in [1.807, 2.05) is 13.8 Å². The lowest BCUT2D eigenvalue weighted by molar-refractivity contribution is -0.147. The quantitative estimate of drug-likeness (QED) is 0.599. The molecule has 0 aliphatic carbocycles. The summed E-state index contributed by atoms with van der Waals surface area (Å²) in [4.78, 5) is 51.7. The van der Waals surface area contributed by atoms with Crippen LogP contribution in [-0.2, 0) is 23.9 Å². The van der Waals surface area contributed by atoms with Crippen molar-refractivity contribution in [3.8, 4) is 0 Å². The topological polar surface area (TPSA) is 114 Å². The first-order valence-electron chi connectivity index (χ1n) is 10.5. The molecule has 3 atom stereocenters. The molecule has 0 radical (unpaired) electrons. The second-order valence-corrected chi connectivity index (χ2v) is 9.31. The molecule has 0 bridgehead atoms. The molecular weight excluding hydrogens is 390 g/mol. The molecule has 0 aromatic rings. The first-order valence-corrected chi connectivity index (χ1v) is 10.5.